The Morgan fingerprint density at radius 2 is 1.68 bits per heavy atom. The number of carbonyl (C=O) groups is 2. The number of benzene rings is 3. The number of methoxy groups -OCH3 is 1. The molecule has 0 saturated carbocycles. The average Bonchev–Trinajstić information content (AvgIpc) is 2.94. The Hall–Kier alpha value is -3.32. The molecule has 6 nitrogen and oxygen atoms in total. The second kappa shape index (κ2) is 14.6. The topological polar surface area (TPSA) is 67.9 Å². The van der Waals surface area contributed by atoms with Crippen LogP contribution in [0.5, 0.6) is 11.5 Å². The molecule has 0 aliphatic rings. The quantitative estimate of drug-likeness (QED) is 0.271. The van der Waals surface area contributed by atoms with E-state index in [4.69, 9.17) is 9.47 Å². The highest BCUT2D eigenvalue weighted by atomic mass is 79.9. The molecule has 0 radical (unpaired) electrons. The molecule has 0 aromatic heterocycles. The van der Waals surface area contributed by atoms with Crippen molar-refractivity contribution in [1.29, 1.82) is 0 Å². The molecule has 3 aromatic carbocycles. The van der Waals surface area contributed by atoms with Gasteiger partial charge in [-0.15, -0.1) is 0 Å². The van der Waals surface area contributed by atoms with Crippen LogP contribution in [0.3, 0.4) is 0 Å². The molecule has 0 aliphatic carbocycles. The van der Waals surface area contributed by atoms with E-state index in [1.54, 1.807) is 12.0 Å². The smallest absolute Gasteiger partial charge is 0.261 e. The molecule has 0 fully saturated rings. The fourth-order valence-electron chi connectivity index (χ4n) is 4.07. The van der Waals surface area contributed by atoms with Crippen molar-refractivity contribution >= 4 is 27.7 Å². The third-order valence-electron chi connectivity index (χ3n) is 6.51. The van der Waals surface area contributed by atoms with Gasteiger partial charge in [0.05, 0.1) is 11.6 Å². The lowest BCUT2D eigenvalue weighted by Gasteiger charge is -2.32. The van der Waals surface area contributed by atoms with Gasteiger partial charge in [-0.05, 0) is 76.7 Å². The van der Waals surface area contributed by atoms with Crippen LogP contribution in [0.25, 0.3) is 0 Å². The monoisotopic (exact) mass is 580 g/mol. The number of carbonyl (C=O) groups excluding carboxylic acids is 2. The minimum atomic E-state index is -0.723. The van der Waals surface area contributed by atoms with Gasteiger partial charge in [-0.2, -0.15) is 0 Å². The van der Waals surface area contributed by atoms with Crippen LogP contribution >= 0.6 is 15.9 Å². The second-order valence-corrected chi connectivity index (χ2v) is 10.2. The molecule has 0 spiro atoms. The van der Waals surface area contributed by atoms with Gasteiger partial charge in [-0.3, -0.25) is 9.59 Å². The van der Waals surface area contributed by atoms with Crippen LogP contribution < -0.4 is 14.8 Å². The summed E-state index contributed by atoms with van der Waals surface area (Å²) in [6, 6.07) is 22.4. The number of hydrogen-bond donors (Lipinski definition) is 1. The zero-order chi connectivity index (χ0) is 27.5. The van der Waals surface area contributed by atoms with Gasteiger partial charge in [-0.25, -0.2) is 0 Å². The lowest BCUT2D eigenvalue weighted by molar-refractivity contribution is -0.143. The fraction of sp³-hybridized carbons (Fsp3) is 0.355. The standard InChI is InChI=1S/C31H37BrN2O4/c1-5-22(3)33-31(36)28(19-24-11-8-7-9-12-24)34(20-25-13-10-14-26(17-25)37-4)30(35)21-38-29-16-15-23(6-2)18-27(29)32/h7-18,22,28H,5-6,19-21H2,1-4H3,(H,33,36)/t22-,28+/m0/s1. The van der Waals surface area contributed by atoms with Crippen LogP contribution in [0, 0.1) is 0 Å². The van der Waals surface area contributed by atoms with Crippen molar-refractivity contribution in [3.05, 3.63) is 94.0 Å². The molecule has 0 saturated heterocycles. The lowest BCUT2D eigenvalue weighted by Crippen LogP contribution is -2.53. The molecule has 2 amide bonds. The molecule has 202 valence electrons. The van der Waals surface area contributed by atoms with Gasteiger partial charge in [0.15, 0.2) is 6.61 Å². The summed E-state index contributed by atoms with van der Waals surface area (Å²) in [4.78, 5) is 29.0. The van der Waals surface area contributed by atoms with Gasteiger partial charge >= 0.3 is 0 Å². The number of amides is 2. The maximum Gasteiger partial charge on any atom is 0.261 e. The van der Waals surface area contributed by atoms with Crippen molar-refractivity contribution in [2.75, 3.05) is 13.7 Å². The number of aryl methyl sites for hydroxylation is 1. The Morgan fingerprint density at radius 3 is 2.34 bits per heavy atom. The minimum absolute atomic E-state index is 0.0150. The van der Waals surface area contributed by atoms with Gasteiger partial charge in [0.2, 0.25) is 5.91 Å². The summed E-state index contributed by atoms with van der Waals surface area (Å²) in [6.45, 7) is 6.11. The van der Waals surface area contributed by atoms with E-state index in [1.807, 2.05) is 86.6 Å². The van der Waals surface area contributed by atoms with Crippen LogP contribution in [-0.2, 0) is 29.0 Å². The predicted octanol–water partition coefficient (Wildman–Crippen LogP) is 5.95. The zero-order valence-electron chi connectivity index (χ0n) is 22.6. The number of nitrogens with zero attached hydrogens (tertiary/aromatic N) is 1. The Balaban J connectivity index is 1.93. The van der Waals surface area contributed by atoms with E-state index in [0.29, 0.717) is 17.9 Å². The van der Waals surface area contributed by atoms with E-state index in [1.165, 1.54) is 5.56 Å². The van der Waals surface area contributed by atoms with Gasteiger partial charge < -0.3 is 19.7 Å². The Labute approximate surface area is 234 Å². The molecule has 0 bridgehead atoms. The van der Waals surface area contributed by atoms with Crippen molar-refractivity contribution in [2.45, 2.75) is 58.7 Å². The van der Waals surface area contributed by atoms with Crippen LogP contribution in [0.4, 0.5) is 0 Å². The van der Waals surface area contributed by atoms with Crippen molar-refractivity contribution in [2.24, 2.45) is 0 Å². The number of rotatable bonds is 13. The molecule has 0 unspecified atom stereocenters. The minimum Gasteiger partial charge on any atom is -0.497 e. The first-order chi connectivity index (χ1) is 18.3. The van der Waals surface area contributed by atoms with Gasteiger partial charge in [0, 0.05) is 19.0 Å². The molecule has 0 aliphatic heterocycles. The van der Waals surface area contributed by atoms with Crippen molar-refractivity contribution in [1.82, 2.24) is 10.2 Å². The lowest BCUT2D eigenvalue weighted by atomic mass is 10.0. The Morgan fingerprint density at radius 1 is 0.947 bits per heavy atom. The van der Waals surface area contributed by atoms with E-state index in [-0.39, 0.29) is 31.0 Å². The van der Waals surface area contributed by atoms with E-state index >= 15 is 0 Å². The highest BCUT2D eigenvalue weighted by Gasteiger charge is 2.31. The van der Waals surface area contributed by atoms with Crippen LogP contribution in [0.15, 0.2) is 77.3 Å². The van der Waals surface area contributed by atoms with Crippen molar-refractivity contribution in [3.63, 3.8) is 0 Å². The van der Waals surface area contributed by atoms with E-state index in [0.717, 1.165) is 28.4 Å². The molecule has 3 aromatic rings. The molecule has 7 heteroatoms. The number of halogens is 1. The van der Waals surface area contributed by atoms with Gasteiger partial charge in [0.25, 0.3) is 5.91 Å². The first-order valence-corrected chi connectivity index (χ1v) is 13.8. The van der Waals surface area contributed by atoms with Crippen molar-refractivity contribution < 1.29 is 19.1 Å². The van der Waals surface area contributed by atoms with Crippen LogP contribution in [0.1, 0.15) is 43.9 Å². The van der Waals surface area contributed by atoms with Crippen molar-refractivity contribution in [3.8, 4) is 11.5 Å². The highest BCUT2D eigenvalue weighted by molar-refractivity contribution is 9.10. The summed E-state index contributed by atoms with van der Waals surface area (Å²) in [5.41, 5.74) is 3.00. The van der Waals surface area contributed by atoms with Crippen LogP contribution in [-0.4, -0.2) is 42.5 Å². The first kappa shape index (κ1) is 29.2. The fourth-order valence-corrected chi connectivity index (χ4v) is 4.61. The molecule has 1 N–H and O–H groups in total. The number of ether oxygens (including phenoxy) is 2. The third kappa shape index (κ3) is 8.35. The van der Waals surface area contributed by atoms with E-state index in [2.05, 4.69) is 28.2 Å². The molecule has 3 rings (SSSR count). The van der Waals surface area contributed by atoms with E-state index in [9.17, 15) is 9.59 Å². The van der Waals surface area contributed by atoms with E-state index < -0.39 is 6.04 Å². The Kier molecular flexibility index (Phi) is 11.2. The molecule has 0 heterocycles. The van der Waals surface area contributed by atoms with Gasteiger partial charge in [0.1, 0.15) is 17.5 Å². The van der Waals surface area contributed by atoms with Gasteiger partial charge in [-0.1, -0.05) is 62.4 Å². The summed E-state index contributed by atoms with van der Waals surface area (Å²) in [5, 5.41) is 3.08. The third-order valence-corrected chi connectivity index (χ3v) is 7.13. The maximum atomic E-state index is 13.8. The number of hydrogen-bond acceptors (Lipinski definition) is 4. The second-order valence-electron chi connectivity index (χ2n) is 9.30. The SMILES string of the molecule is CCc1ccc(OCC(=O)N(Cc2cccc(OC)c2)[C@H](Cc2ccccc2)C(=O)N[C@@H](C)CC)c(Br)c1. The predicted molar refractivity (Wildman–Crippen MR) is 154 cm³/mol. The molecule has 38 heavy (non-hydrogen) atoms. The first-order valence-electron chi connectivity index (χ1n) is 13.0. The maximum absolute atomic E-state index is 13.8. The molecular weight excluding hydrogens is 544 g/mol. The molecular formula is C31H37BrN2O4. The highest BCUT2D eigenvalue weighted by Crippen LogP contribution is 2.27. The normalized spacial score (nSPS) is 12.3. The average molecular weight is 582 g/mol. The molecule has 2 atom stereocenters. The summed E-state index contributed by atoms with van der Waals surface area (Å²) >= 11 is 3.55. The summed E-state index contributed by atoms with van der Waals surface area (Å²) in [5.74, 6) is 0.808. The summed E-state index contributed by atoms with van der Waals surface area (Å²) in [6.07, 6.45) is 2.07. The Bertz CT molecular complexity index is 1200. The summed E-state index contributed by atoms with van der Waals surface area (Å²) < 4.78 is 12.1. The number of nitrogens with one attached hydrogen (secondary N) is 1. The largest absolute Gasteiger partial charge is 0.497 e. The summed E-state index contributed by atoms with van der Waals surface area (Å²) in [7, 11) is 1.61. The van der Waals surface area contributed by atoms with Crippen LogP contribution in [0.2, 0.25) is 0 Å². The zero-order valence-corrected chi connectivity index (χ0v) is 24.2.